The van der Waals surface area contributed by atoms with Crippen LogP contribution in [0.1, 0.15) is 6.42 Å². The minimum Gasteiger partial charge on any atom is -0.352 e. The molecule has 3 nitrogen and oxygen atoms in total. The maximum atomic E-state index is 11.4. The van der Waals surface area contributed by atoms with Crippen molar-refractivity contribution < 1.29 is 14.3 Å². The highest BCUT2D eigenvalue weighted by Gasteiger charge is 2.48. The molecule has 0 spiro atoms. The van der Waals surface area contributed by atoms with Gasteiger partial charge in [-0.05, 0) is 18.1 Å². The molecule has 2 saturated heterocycles. The molecule has 0 saturated carbocycles. The molecule has 1 aliphatic carbocycles. The number of carbonyl (C=O) groups excluding carboxylic acids is 1. The first kappa shape index (κ1) is 6.80. The minimum absolute atomic E-state index is 0.124. The molecule has 12 heavy (non-hydrogen) atoms. The molecule has 0 radical (unpaired) electrons. The zero-order chi connectivity index (χ0) is 8.13. The van der Waals surface area contributed by atoms with E-state index >= 15 is 0 Å². The van der Waals surface area contributed by atoms with Gasteiger partial charge in [-0.1, -0.05) is 0 Å². The van der Waals surface area contributed by atoms with E-state index in [-0.39, 0.29) is 23.9 Å². The van der Waals surface area contributed by atoms with Crippen molar-refractivity contribution in [1.82, 2.24) is 0 Å². The number of rotatable bonds is 0. The Balaban J connectivity index is 2.01. The second-order valence-corrected chi connectivity index (χ2v) is 3.59. The third-order valence-electron chi connectivity index (χ3n) is 2.97. The lowest BCUT2D eigenvalue weighted by Crippen LogP contribution is -2.34. The van der Waals surface area contributed by atoms with Gasteiger partial charge in [0.1, 0.15) is 0 Å². The first-order chi connectivity index (χ1) is 5.86. The summed E-state index contributed by atoms with van der Waals surface area (Å²) in [6.07, 6.45) is 2.49. The zero-order valence-electron chi connectivity index (χ0n) is 6.66. The van der Waals surface area contributed by atoms with Gasteiger partial charge in [0.15, 0.2) is 12.1 Å². The molecule has 2 aliphatic heterocycles. The van der Waals surface area contributed by atoms with Gasteiger partial charge in [0.2, 0.25) is 0 Å². The molecule has 3 heteroatoms. The quantitative estimate of drug-likeness (QED) is 0.525. The van der Waals surface area contributed by atoms with Crippen LogP contribution in [0.25, 0.3) is 0 Å². The highest BCUT2D eigenvalue weighted by Crippen LogP contribution is 2.43. The molecule has 3 aliphatic rings. The smallest absolute Gasteiger partial charge is 0.165 e. The Morgan fingerprint density at radius 3 is 3.25 bits per heavy atom. The van der Waals surface area contributed by atoms with Crippen molar-refractivity contribution in [3.63, 3.8) is 0 Å². The number of ether oxygens (including phenoxy) is 2. The van der Waals surface area contributed by atoms with Gasteiger partial charge in [-0.3, -0.25) is 4.79 Å². The third kappa shape index (κ3) is 0.704. The molecular formula is C9H10O3. The summed E-state index contributed by atoms with van der Waals surface area (Å²) in [5.41, 5.74) is 1.15. The average molecular weight is 166 g/mol. The first-order valence-electron chi connectivity index (χ1n) is 4.34. The van der Waals surface area contributed by atoms with Crippen LogP contribution in [0.2, 0.25) is 0 Å². The Morgan fingerprint density at radius 1 is 1.42 bits per heavy atom. The maximum Gasteiger partial charge on any atom is 0.165 e. The van der Waals surface area contributed by atoms with Crippen LogP contribution < -0.4 is 0 Å². The fourth-order valence-electron chi connectivity index (χ4n) is 2.39. The van der Waals surface area contributed by atoms with Crippen LogP contribution in [0.4, 0.5) is 0 Å². The van der Waals surface area contributed by atoms with E-state index in [0.717, 1.165) is 12.0 Å². The number of carbonyl (C=O) groups is 1. The minimum atomic E-state index is -0.124. The summed E-state index contributed by atoms with van der Waals surface area (Å²) in [5, 5.41) is 0. The number of hydrogen-bond acceptors (Lipinski definition) is 3. The molecule has 64 valence electrons. The fourth-order valence-corrected chi connectivity index (χ4v) is 2.39. The second kappa shape index (κ2) is 2.18. The van der Waals surface area contributed by atoms with Crippen LogP contribution >= 0.6 is 0 Å². The standard InChI is InChI=1S/C9H10O3/c10-7-3-5-4-12-9-8(5)6(7)1-2-11-9/h3,6,8-9H,1-2,4H2/t6-,8+,9+/m0/s1. The van der Waals surface area contributed by atoms with Crippen molar-refractivity contribution >= 4 is 5.78 Å². The van der Waals surface area contributed by atoms with Crippen molar-refractivity contribution in [3.05, 3.63) is 11.6 Å². The van der Waals surface area contributed by atoms with Crippen LogP contribution in [0.15, 0.2) is 11.6 Å². The van der Waals surface area contributed by atoms with Crippen LogP contribution in [-0.4, -0.2) is 25.3 Å². The summed E-state index contributed by atoms with van der Waals surface area (Å²) in [6, 6.07) is 0. The van der Waals surface area contributed by atoms with E-state index in [1.807, 2.05) is 0 Å². The lowest BCUT2D eigenvalue weighted by atomic mass is 9.87. The Hall–Kier alpha value is -0.670. The van der Waals surface area contributed by atoms with E-state index in [0.29, 0.717) is 13.2 Å². The van der Waals surface area contributed by atoms with Crippen molar-refractivity contribution in [2.75, 3.05) is 13.2 Å². The van der Waals surface area contributed by atoms with Crippen LogP contribution in [-0.2, 0) is 14.3 Å². The second-order valence-electron chi connectivity index (χ2n) is 3.59. The predicted octanol–water partition coefficient (Wildman–Crippen LogP) is 0.504. The van der Waals surface area contributed by atoms with Crippen molar-refractivity contribution in [1.29, 1.82) is 0 Å². The molecular weight excluding hydrogens is 156 g/mol. The maximum absolute atomic E-state index is 11.4. The molecule has 0 aromatic heterocycles. The zero-order valence-corrected chi connectivity index (χ0v) is 6.66. The van der Waals surface area contributed by atoms with Gasteiger partial charge in [-0.15, -0.1) is 0 Å². The fraction of sp³-hybridized carbons (Fsp3) is 0.667. The average Bonchev–Trinajstić information content (AvgIpc) is 2.61. The Bertz CT molecular complexity index is 269. The third-order valence-corrected chi connectivity index (χ3v) is 2.97. The number of hydrogen-bond donors (Lipinski definition) is 0. The molecule has 3 rings (SSSR count). The van der Waals surface area contributed by atoms with E-state index in [1.54, 1.807) is 6.08 Å². The van der Waals surface area contributed by atoms with Crippen molar-refractivity contribution in [3.8, 4) is 0 Å². The monoisotopic (exact) mass is 166 g/mol. The molecule has 3 atom stereocenters. The predicted molar refractivity (Wildman–Crippen MR) is 40.4 cm³/mol. The number of ketones is 1. The largest absolute Gasteiger partial charge is 0.352 e. The summed E-state index contributed by atoms with van der Waals surface area (Å²) in [6.45, 7) is 1.26. The Kier molecular flexibility index (Phi) is 1.23. The van der Waals surface area contributed by atoms with Gasteiger partial charge in [0, 0.05) is 11.8 Å². The van der Waals surface area contributed by atoms with E-state index in [2.05, 4.69) is 0 Å². The van der Waals surface area contributed by atoms with Gasteiger partial charge in [0.05, 0.1) is 13.2 Å². The SMILES string of the molecule is O=C1C=C2CO[C@H]3OCC[C@@H]1[C@@H]23. The molecule has 0 aromatic rings. The topological polar surface area (TPSA) is 35.5 Å². The van der Waals surface area contributed by atoms with Crippen molar-refractivity contribution in [2.24, 2.45) is 11.8 Å². The summed E-state index contributed by atoms with van der Waals surface area (Å²) >= 11 is 0. The van der Waals surface area contributed by atoms with Crippen LogP contribution in [0.5, 0.6) is 0 Å². The van der Waals surface area contributed by atoms with Crippen LogP contribution in [0, 0.1) is 11.8 Å². The van der Waals surface area contributed by atoms with E-state index in [9.17, 15) is 4.79 Å². The van der Waals surface area contributed by atoms with Gasteiger partial charge >= 0.3 is 0 Å². The summed E-state index contributed by atoms with van der Waals surface area (Å²) in [4.78, 5) is 11.4. The highest BCUT2D eigenvalue weighted by atomic mass is 16.7. The van der Waals surface area contributed by atoms with Crippen LogP contribution in [0.3, 0.4) is 0 Å². The molecule has 2 fully saturated rings. The molecule has 0 aromatic carbocycles. The Labute approximate surface area is 70.3 Å². The highest BCUT2D eigenvalue weighted by molar-refractivity contribution is 5.96. The summed E-state index contributed by atoms with van der Waals surface area (Å²) in [7, 11) is 0. The summed E-state index contributed by atoms with van der Waals surface area (Å²) < 4.78 is 10.8. The molecule has 2 heterocycles. The molecule has 0 bridgehead atoms. The van der Waals surface area contributed by atoms with E-state index in [4.69, 9.17) is 9.47 Å². The molecule has 0 unspecified atom stereocenters. The lowest BCUT2D eigenvalue weighted by molar-refractivity contribution is -0.167. The van der Waals surface area contributed by atoms with Gasteiger partial charge in [-0.25, -0.2) is 0 Å². The van der Waals surface area contributed by atoms with Gasteiger partial charge < -0.3 is 9.47 Å². The molecule has 0 amide bonds. The van der Waals surface area contributed by atoms with Crippen molar-refractivity contribution in [2.45, 2.75) is 12.7 Å². The van der Waals surface area contributed by atoms with E-state index in [1.165, 1.54) is 0 Å². The lowest BCUT2D eigenvalue weighted by Gasteiger charge is -2.28. The van der Waals surface area contributed by atoms with Gasteiger partial charge in [-0.2, -0.15) is 0 Å². The Morgan fingerprint density at radius 2 is 2.33 bits per heavy atom. The normalized spacial score (nSPS) is 44.5. The van der Waals surface area contributed by atoms with E-state index < -0.39 is 0 Å². The first-order valence-corrected chi connectivity index (χ1v) is 4.34. The number of allylic oxidation sites excluding steroid dienone is 1. The molecule has 0 N–H and O–H groups in total. The van der Waals surface area contributed by atoms with Gasteiger partial charge in [0.25, 0.3) is 0 Å². The summed E-state index contributed by atoms with van der Waals surface area (Å²) in [5.74, 6) is 0.707.